The van der Waals surface area contributed by atoms with Gasteiger partial charge in [0.1, 0.15) is 0 Å². The molecule has 0 atom stereocenters. The lowest BCUT2D eigenvalue weighted by molar-refractivity contribution is 0.0599. The second-order valence-electron chi connectivity index (χ2n) is 3.68. The van der Waals surface area contributed by atoms with Gasteiger partial charge in [-0.15, -0.1) is 0 Å². The summed E-state index contributed by atoms with van der Waals surface area (Å²) in [5.41, 5.74) is 1.60. The van der Waals surface area contributed by atoms with Crippen LogP contribution < -0.4 is 5.32 Å². The highest BCUT2D eigenvalue weighted by molar-refractivity contribution is 5.90. The maximum Gasteiger partial charge on any atom is 0.338 e. The van der Waals surface area contributed by atoms with E-state index in [1.165, 1.54) is 7.11 Å². The summed E-state index contributed by atoms with van der Waals surface area (Å²) in [5, 5.41) is 3.30. The number of hydrogen-bond donors (Lipinski definition) is 1. The van der Waals surface area contributed by atoms with Gasteiger partial charge in [0.2, 0.25) is 0 Å². The van der Waals surface area contributed by atoms with Crippen molar-refractivity contribution >= 4 is 5.97 Å². The third kappa shape index (κ3) is 4.41. The molecule has 0 heterocycles. The molecule has 0 saturated carbocycles. The molecule has 0 aliphatic rings. The summed E-state index contributed by atoms with van der Waals surface area (Å²) in [6.45, 7) is 3.59. The van der Waals surface area contributed by atoms with E-state index in [0.717, 1.165) is 18.5 Å². The third-order valence-electron chi connectivity index (χ3n) is 2.46. The Morgan fingerprint density at radius 1 is 1.41 bits per heavy atom. The van der Waals surface area contributed by atoms with Crippen LogP contribution in [-0.4, -0.2) is 19.6 Å². The van der Waals surface area contributed by atoms with Crippen molar-refractivity contribution < 1.29 is 9.53 Å². The van der Waals surface area contributed by atoms with Crippen molar-refractivity contribution in [2.24, 2.45) is 0 Å². The van der Waals surface area contributed by atoms with Crippen LogP contribution in [0.5, 0.6) is 0 Å². The fourth-order valence-electron chi connectivity index (χ4n) is 1.56. The molecule has 3 heteroatoms. The molecule has 3 nitrogen and oxygen atoms in total. The third-order valence-corrected chi connectivity index (χ3v) is 2.46. The van der Waals surface area contributed by atoms with Crippen LogP contribution in [0.2, 0.25) is 0 Å². The van der Waals surface area contributed by atoms with Crippen LogP contribution in [0.25, 0.3) is 0 Å². The summed E-state index contributed by atoms with van der Waals surface area (Å²) < 4.78 is 4.74. The first-order chi connectivity index (χ1) is 8.29. The zero-order chi connectivity index (χ0) is 12.5. The first kappa shape index (κ1) is 13.5. The van der Waals surface area contributed by atoms with E-state index in [0.29, 0.717) is 12.1 Å². The molecule has 0 unspecified atom stereocenters. The number of ether oxygens (including phenoxy) is 1. The average Bonchev–Trinajstić information content (AvgIpc) is 2.38. The lowest BCUT2D eigenvalue weighted by atomic mass is 10.1. The lowest BCUT2D eigenvalue weighted by Gasteiger charge is -2.08. The first-order valence-electron chi connectivity index (χ1n) is 5.77. The van der Waals surface area contributed by atoms with E-state index in [-0.39, 0.29) is 5.97 Å². The number of methoxy groups -OCH3 is 1. The van der Waals surface area contributed by atoms with Gasteiger partial charge in [-0.3, -0.25) is 0 Å². The molecule has 0 fully saturated rings. The van der Waals surface area contributed by atoms with Gasteiger partial charge in [-0.1, -0.05) is 30.4 Å². The van der Waals surface area contributed by atoms with Crippen LogP contribution in [0.1, 0.15) is 29.3 Å². The van der Waals surface area contributed by atoms with Crippen LogP contribution in [0.4, 0.5) is 0 Å². The van der Waals surface area contributed by atoms with Gasteiger partial charge < -0.3 is 10.1 Å². The molecule has 1 N–H and O–H groups in total. The molecule has 1 rings (SSSR count). The van der Waals surface area contributed by atoms with Gasteiger partial charge in [-0.05, 0) is 31.5 Å². The van der Waals surface area contributed by atoms with Crippen molar-refractivity contribution in [1.29, 1.82) is 0 Å². The first-order valence-corrected chi connectivity index (χ1v) is 5.77. The highest BCUT2D eigenvalue weighted by atomic mass is 16.5. The Morgan fingerprint density at radius 2 is 2.18 bits per heavy atom. The highest BCUT2D eigenvalue weighted by Crippen LogP contribution is 2.09. The molecule has 0 aliphatic carbocycles. The van der Waals surface area contributed by atoms with Crippen molar-refractivity contribution in [1.82, 2.24) is 5.32 Å². The molecule has 0 aromatic heterocycles. The fourth-order valence-corrected chi connectivity index (χ4v) is 1.56. The van der Waals surface area contributed by atoms with E-state index < -0.39 is 0 Å². The Hall–Kier alpha value is -1.61. The molecule has 0 aliphatic heterocycles. The minimum absolute atomic E-state index is 0.282. The van der Waals surface area contributed by atoms with Crippen molar-refractivity contribution in [3.63, 3.8) is 0 Å². The van der Waals surface area contributed by atoms with E-state index in [9.17, 15) is 4.79 Å². The van der Waals surface area contributed by atoms with Crippen LogP contribution in [0.3, 0.4) is 0 Å². The van der Waals surface area contributed by atoms with Gasteiger partial charge in [0, 0.05) is 6.54 Å². The number of hydrogen-bond acceptors (Lipinski definition) is 3. The molecule has 0 radical (unpaired) electrons. The molecule has 92 valence electrons. The van der Waals surface area contributed by atoms with Crippen LogP contribution >= 0.6 is 0 Å². The number of benzene rings is 1. The Kier molecular flexibility index (Phi) is 6.04. The van der Waals surface area contributed by atoms with Gasteiger partial charge in [0.25, 0.3) is 0 Å². The lowest BCUT2D eigenvalue weighted by Crippen LogP contribution is -2.17. The Bertz CT molecular complexity index is 386. The standard InChI is InChI=1S/C14H19NO2/c1-3-4-7-10-15-11-12-8-5-6-9-13(12)14(16)17-2/h3-6,8-9,15H,7,10-11H2,1-2H3/b4-3+. The van der Waals surface area contributed by atoms with Crippen LogP contribution in [0, 0.1) is 0 Å². The SMILES string of the molecule is C/C=C/CCNCc1ccccc1C(=O)OC. The zero-order valence-electron chi connectivity index (χ0n) is 10.4. The van der Waals surface area contributed by atoms with Crippen LogP contribution in [0.15, 0.2) is 36.4 Å². The van der Waals surface area contributed by atoms with E-state index in [2.05, 4.69) is 11.4 Å². The van der Waals surface area contributed by atoms with Crippen molar-refractivity contribution in [3.05, 3.63) is 47.5 Å². The van der Waals surface area contributed by atoms with Gasteiger partial charge >= 0.3 is 5.97 Å². The number of carbonyl (C=O) groups excluding carboxylic acids is 1. The maximum atomic E-state index is 11.5. The summed E-state index contributed by atoms with van der Waals surface area (Å²) in [6, 6.07) is 7.49. The zero-order valence-corrected chi connectivity index (χ0v) is 10.4. The van der Waals surface area contributed by atoms with Gasteiger partial charge in [-0.2, -0.15) is 0 Å². The van der Waals surface area contributed by atoms with E-state index in [1.54, 1.807) is 6.07 Å². The summed E-state index contributed by atoms with van der Waals surface area (Å²) in [7, 11) is 1.40. The normalized spacial score (nSPS) is 10.7. The van der Waals surface area contributed by atoms with E-state index in [4.69, 9.17) is 4.74 Å². The highest BCUT2D eigenvalue weighted by Gasteiger charge is 2.09. The molecular formula is C14H19NO2. The smallest absolute Gasteiger partial charge is 0.338 e. The largest absolute Gasteiger partial charge is 0.465 e. The minimum atomic E-state index is -0.282. The summed E-state index contributed by atoms with van der Waals surface area (Å²) >= 11 is 0. The van der Waals surface area contributed by atoms with Gasteiger partial charge in [0.15, 0.2) is 0 Å². The molecule has 1 aromatic rings. The van der Waals surface area contributed by atoms with E-state index >= 15 is 0 Å². The second kappa shape index (κ2) is 7.63. The number of rotatable bonds is 6. The molecule has 0 amide bonds. The predicted octanol–water partition coefficient (Wildman–Crippen LogP) is 2.53. The van der Waals surface area contributed by atoms with Crippen molar-refractivity contribution in [2.75, 3.05) is 13.7 Å². The van der Waals surface area contributed by atoms with Gasteiger partial charge in [0.05, 0.1) is 12.7 Å². The maximum absolute atomic E-state index is 11.5. The number of allylic oxidation sites excluding steroid dienone is 1. The minimum Gasteiger partial charge on any atom is -0.465 e. The Labute approximate surface area is 102 Å². The quantitative estimate of drug-likeness (QED) is 0.466. The molecule has 1 aromatic carbocycles. The van der Waals surface area contributed by atoms with Crippen molar-refractivity contribution in [3.8, 4) is 0 Å². The average molecular weight is 233 g/mol. The second-order valence-corrected chi connectivity index (χ2v) is 3.68. The van der Waals surface area contributed by atoms with Crippen molar-refractivity contribution in [2.45, 2.75) is 19.9 Å². The Morgan fingerprint density at radius 3 is 2.88 bits per heavy atom. The molecule has 0 saturated heterocycles. The van der Waals surface area contributed by atoms with Gasteiger partial charge in [-0.25, -0.2) is 4.79 Å². The molecular weight excluding hydrogens is 214 g/mol. The van der Waals surface area contributed by atoms with E-state index in [1.807, 2.05) is 31.2 Å². The molecule has 17 heavy (non-hydrogen) atoms. The number of esters is 1. The fraction of sp³-hybridized carbons (Fsp3) is 0.357. The predicted molar refractivity (Wildman–Crippen MR) is 68.9 cm³/mol. The summed E-state index contributed by atoms with van der Waals surface area (Å²) in [5.74, 6) is -0.282. The number of nitrogens with one attached hydrogen (secondary N) is 1. The summed E-state index contributed by atoms with van der Waals surface area (Å²) in [4.78, 5) is 11.5. The monoisotopic (exact) mass is 233 g/mol. The molecule has 0 spiro atoms. The number of carbonyl (C=O) groups is 1. The Balaban J connectivity index is 2.55. The topological polar surface area (TPSA) is 38.3 Å². The van der Waals surface area contributed by atoms with Crippen LogP contribution in [-0.2, 0) is 11.3 Å². The summed E-state index contributed by atoms with van der Waals surface area (Å²) in [6.07, 6.45) is 5.14. The molecule has 0 bridgehead atoms.